The van der Waals surface area contributed by atoms with Crippen molar-refractivity contribution < 1.29 is 22.7 Å². The van der Waals surface area contributed by atoms with Gasteiger partial charge in [0.2, 0.25) is 0 Å². The van der Waals surface area contributed by atoms with E-state index >= 15 is 0 Å². The van der Waals surface area contributed by atoms with E-state index in [4.69, 9.17) is 11.6 Å². The predicted octanol–water partition coefficient (Wildman–Crippen LogP) is 4.45. The van der Waals surface area contributed by atoms with E-state index in [2.05, 4.69) is 15.0 Å². The number of nitrogens with one attached hydrogen (secondary N) is 1. The van der Waals surface area contributed by atoms with Crippen molar-refractivity contribution in [2.45, 2.75) is 19.3 Å². The zero-order valence-electron chi connectivity index (χ0n) is 16.3. The number of piperazine rings is 1. The van der Waals surface area contributed by atoms with Gasteiger partial charge in [-0.15, -0.1) is 0 Å². The first-order chi connectivity index (χ1) is 14.3. The van der Waals surface area contributed by atoms with E-state index in [9.17, 15) is 18.0 Å². The number of alkyl halides is 3. The van der Waals surface area contributed by atoms with Crippen molar-refractivity contribution in [1.82, 2.24) is 10.2 Å². The Hall–Kier alpha value is -2.45. The number of hydrogen-bond acceptors (Lipinski definition) is 3. The number of urea groups is 1. The molecule has 1 fully saturated rings. The minimum absolute atomic E-state index is 0.109. The van der Waals surface area contributed by atoms with Gasteiger partial charge in [-0.05, 0) is 23.3 Å². The molecule has 30 heavy (non-hydrogen) atoms. The van der Waals surface area contributed by atoms with Gasteiger partial charge in [-0.1, -0.05) is 48.0 Å². The summed E-state index contributed by atoms with van der Waals surface area (Å²) in [7, 11) is 0. The maximum absolute atomic E-state index is 12.4. The van der Waals surface area contributed by atoms with Gasteiger partial charge in [-0.25, -0.2) is 4.79 Å². The zero-order chi connectivity index (χ0) is 21.6. The molecule has 2 aromatic carbocycles. The second kappa shape index (κ2) is 10.0. The summed E-state index contributed by atoms with van der Waals surface area (Å²) in [5.74, 6) is 0. The highest BCUT2D eigenvalue weighted by atomic mass is 35.5. The van der Waals surface area contributed by atoms with E-state index in [-0.39, 0.29) is 12.6 Å². The number of hydrogen-bond donors (Lipinski definition) is 1. The van der Waals surface area contributed by atoms with Crippen molar-refractivity contribution in [2.75, 3.05) is 37.7 Å². The number of carbonyl (C=O) groups is 1. The molecule has 1 aliphatic rings. The molecular weight excluding hydrogens is 419 g/mol. The number of ether oxygens (including phenoxy) is 1. The molecule has 0 unspecified atom stereocenters. The summed E-state index contributed by atoms with van der Waals surface area (Å²) in [5.41, 5.74) is 2.47. The summed E-state index contributed by atoms with van der Waals surface area (Å²) in [6.45, 7) is 1.54. The lowest BCUT2D eigenvalue weighted by atomic mass is 10.1. The Bertz CT molecular complexity index is 838. The van der Waals surface area contributed by atoms with Crippen LogP contribution in [0.4, 0.5) is 23.7 Å². The molecule has 1 saturated heterocycles. The number of para-hydroxylation sites is 1. The zero-order valence-corrected chi connectivity index (χ0v) is 17.0. The average Bonchev–Trinajstić information content (AvgIpc) is 2.72. The quantitative estimate of drug-likeness (QED) is 0.720. The van der Waals surface area contributed by atoms with E-state index in [1.165, 1.54) is 0 Å². The monoisotopic (exact) mass is 441 g/mol. The second-order valence-corrected chi connectivity index (χ2v) is 7.42. The van der Waals surface area contributed by atoms with Crippen LogP contribution in [0.2, 0.25) is 5.02 Å². The van der Waals surface area contributed by atoms with Crippen molar-refractivity contribution >= 4 is 23.3 Å². The van der Waals surface area contributed by atoms with Crippen molar-refractivity contribution in [3.05, 3.63) is 64.7 Å². The fraction of sp³-hybridized carbons (Fsp3) is 0.381. The SMILES string of the molecule is O=C(NCc1ccc(COCC(F)(F)F)cc1)N1CCN(c2ccccc2Cl)CC1. The van der Waals surface area contributed by atoms with E-state index in [0.717, 1.165) is 11.3 Å². The highest BCUT2D eigenvalue weighted by molar-refractivity contribution is 6.33. The highest BCUT2D eigenvalue weighted by Gasteiger charge is 2.27. The van der Waals surface area contributed by atoms with Gasteiger partial charge >= 0.3 is 12.2 Å². The molecule has 0 atom stereocenters. The minimum atomic E-state index is -4.33. The number of anilines is 1. The molecule has 0 aliphatic carbocycles. The lowest BCUT2D eigenvalue weighted by Crippen LogP contribution is -2.51. The third-order valence-corrected chi connectivity index (χ3v) is 5.08. The molecule has 9 heteroatoms. The maximum atomic E-state index is 12.4. The van der Waals surface area contributed by atoms with Crippen LogP contribution in [0.1, 0.15) is 11.1 Å². The molecule has 2 aromatic rings. The number of carbonyl (C=O) groups excluding carboxylic acids is 1. The van der Waals surface area contributed by atoms with Crippen LogP contribution in [0.5, 0.6) is 0 Å². The van der Waals surface area contributed by atoms with E-state index in [1.807, 2.05) is 24.3 Å². The lowest BCUT2D eigenvalue weighted by molar-refractivity contribution is -0.176. The Labute approximate surface area is 178 Å². The summed E-state index contributed by atoms with van der Waals surface area (Å²) < 4.78 is 40.9. The molecule has 0 radical (unpaired) electrons. The van der Waals surface area contributed by atoms with Gasteiger partial charge in [0.1, 0.15) is 6.61 Å². The molecule has 5 nitrogen and oxygen atoms in total. The van der Waals surface area contributed by atoms with Crippen LogP contribution in [-0.2, 0) is 17.9 Å². The number of nitrogens with zero attached hydrogens (tertiary/aromatic N) is 2. The molecule has 1 heterocycles. The minimum Gasteiger partial charge on any atom is -0.367 e. The number of halogens is 4. The number of amides is 2. The van der Waals surface area contributed by atoms with Crippen molar-refractivity contribution in [2.24, 2.45) is 0 Å². The summed E-state index contributed by atoms with van der Waals surface area (Å²) in [6, 6.07) is 14.4. The average molecular weight is 442 g/mol. The van der Waals surface area contributed by atoms with E-state index in [1.54, 1.807) is 29.2 Å². The van der Waals surface area contributed by atoms with Crippen LogP contribution in [0, 0.1) is 0 Å². The molecule has 0 bridgehead atoms. The van der Waals surface area contributed by atoms with Crippen LogP contribution >= 0.6 is 11.6 Å². The van der Waals surface area contributed by atoms with Gasteiger partial charge in [0.25, 0.3) is 0 Å². The first-order valence-electron chi connectivity index (χ1n) is 9.56. The number of rotatable bonds is 6. The molecule has 162 valence electrons. The normalized spacial score (nSPS) is 14.7. The van der Waals surface area contributed by atoms with Gasteiger partial charge < -0.3 is 19.9 Å². The Kier molecular flexibility index (Phi) is 7.44. The van der Waals surface area contributed by atoms with Gasteiger partial charge in [0.15, 0.2) is 0 Å². The lowest BCUT2D eigenvalue weighted by Gasteiger charge is -2.36. The summed E-state index contributed by atoms with van der Waals surface area (Å²) in [6.07, 6.45) is -4.33. The fourth-order valence-electron chi connectivity index (χ4n) is 3.19. The first-order valence-corrected chi connectivity index (χ1v) is 9.94. The molecule has 0 saturated carbocycles. The molecule has 2 amide bonds. The maximum Gasteiger partial charge on any atom is 0.411 e. The van der Waals surface area contributed by atoms with Crippen molar-refractivity contribution in [1.29, 1.82) is 0 Å². The Morgan fingerprint density at radius 1 is 1.00 bits per heavy atom. The molecule has 0 aromatic heterocycles. The van der Waals surface area contributed by atoms with Gasteiger partial charge in [-0.3, -0.25) is 0 Å². The van der Waals surface area contributed by atoms with Crippen molar-refractivity contribution in [3.8, 4) is 0 Å². The number of benzene rings is 2. The Morgan fingerprint density at radius 2 is 1.63 bits per heavy atom. The predicted molar refractivity (Wildman–Crippen MR) is 110 cm³/mol. The second-order valence-electron chi connectivity index (χ2n) is 7.01. The summed E-state index contributed by atoms with van der Waals surface area (Å²) in [4.78, 5) is 16.3. The summed E-state index contributed by atoms with van der Waals surface area (Å²) in [5, 5.41) is 3.58. The van der Waals surface area contributed by atoms with E-state index < -0.39 is 12.8 Å². The van der Waals surface area contributed by atoms with E-state index in [0.29, 0.717) is 43.3 Å². The van der Waals surface area contributed by atoms with Gasteiger partial charge in [0, 0.05) is 32.7 Å². The molecule has 1 N–H and O–H groups in total. The third kappa shape index (κ3) is 6.53. The van der Waals surface area contributed by atoms with Crippen molar-refractivity contribution in [3.63, 3.8) is 0 Å². The first kappa shape index (κ1) is 22.2. The van der Waals surface area contributed by atoms with Crippen LogP contribution < -0.4 is 10.2 Å². The topological polar surface area (TPSA) is 44.8 Å². The van der Waals surface area contributed by atoms with Crippen LogP contribution in [-0.4, -0.2) is 49.9 Å². The molecule has 0 spiro atoms. The third-order valence-electron chi connectivity index (χ3n) is 4.76. The Morgan fingerprint density at radius 3 is 2.27 bits per heavy atom. The van der Waals surface area contributed by atoms with Gasteiger partial charge in [0.05, 0.1) is 17.3 Å². The van der Waals surface area contributed by atoms with Crippen LogP contribution in [0.15, 0.2) is 48.5 Å². The standard InChI is InChI=1S/C21H23ClF3N3O2/c22-18-3-1-2-4-19(18)27-9-11-28(12-10-27)20(29)26-13-16-5-7-17(8-6-16)14-30-15-21(23,24)25/h1-8H,9-15H2,(H,26,29). The van der Waals surface area contributed by atoms with Crippen LogP contribution in [0.3, 0.4) is 0 Å². The fourth-order valence-corrected chi connectivity index (χ4v) is 3.44. The smallest absolute Gasteiger partial charge is 0.367 e. The largest absolute Gasteiger partial charge is 0.411 e. The molecular formula is C21H23ClF3N3O2. The molecule has 1 aliphatic heterocycles. The van der Waals surface area contributed by atoms with Crippen LogP contribution in [0.25, 0.3) is 0 Å². The van der Waals surface area contributed by atoms with Gasteiger partial charge in [-0.2, -0.15) is 13.2 Å². The molecule has 3 rings (SSSR count). The summed E-state index contributed by atoms with van der Waals surface area (Å²) >= 11 is 6.24. The Balaban J connectivity index is 1.41. The highest BCUT2D eigenvalue weighted by Crippen LogP contribution is 2.26.